The average Bonchev–Trinajstić information content (AvgIpc) is 2.81. The van der Waals surface area contributed by atoms with E-state index in [0.717, 1.165) is 31.1 Å². The van der Waals surface area contributed by atoms with Gasteiger partial charge in [-0.15, -0.1) is 0 Å². The van der Waals surface area contributed by atoms with Crippen LogP contribution in [0.15, 0.2) is 18.2 Å². The van der Waals surface area contributed by atoms with Crippen molar-refractivity contribution < 1.29 is 4.92 Å². The lowest BCUT2D eigenvalue weighted by Gasteiger charge is -2.31. The third-order valence-electron chi connectivity index (χ3n) is 3.33. The van der Waals surface area contributed by atoms with Crippen molar-refractivity contribution in [2.24, 2.45) is 0 Å². The summed E-state index contributed by atoms with van der Waals surface area (Å²) in [7, 11) is 0. The molecule has 2 aromatic rings. The summed E-state index contributed by atoms with van der Waals surface area (Å²) in [6.45, 7) is 4.80. The molecule has 0 amide bonds. The van der Waals surface area contributed by atoms with Gasteiger partial charge in [-0.1, -0.05) is 0 Å². The van der Waals surface area contributed by atoms with Crippen molar-refractivity contribution in [2.75, 3.05) is 24.5 Å². The van der Waals surface area contributed by atoms with Crippen LogP contribution in [0, 0.1) is 10.1 Å². The van der Waals surface area contributed by atoms with E-state index in [1.165, 1.54) is 12.1 Å². The van der Waals surface area contributed by atoms with Crippen molar-refractivity contribution in [2.45, 2.75) is 13.0 Å². The molecule has 1 aliphatic rings. The van der Waals surface area contributed by atoms with Gasteiger partial charge in [-0.2, -0.15) is 0 Å². The van der Waals surface area contributed by atoms with Gasteiger partial charge < -0.3 is 15.2 Å². The number of nitro benzene ring substituents is 1. The molecule has 3 rings (SSSR count). The van der Waals surface area contributed by atoms with Crippen LogP contribution in [-0.2, 0) is 0 Å². The lowest BCUT2D eigenvalue weighted by molar-refractivity contribution is -0.384. The Balaban J connectivity index is 1.94. The fourth-order valence-electron chi connectivity index (χ4n) is 2.37. The Morgan fingerprint density at radius 1 is 1.53 bits per heavy atom. The van der Waals surface area contributed by atoms with E-state index in [-0.39, 0.29) is 5.69 Å². The maximum atomic E-state index is 10.7. The molecule has 2 N–H and O–H groups in total. The fourth-order valence-corrected chi connectivity index (χ4v) is 2.37. The highest BCUT2D eigenvalue weighted by Gasteiger charge is 2.19. The number of anilines is 1. The number of nitro groups is 1. The van der Waals surface area contributed by atoms with Gasteiger partial charge in [-0.05, 0) is 13.0 Å². The Labute approximate surface area is 109 Å². The van der Waals surface area contributed by atoms with Crippen LogP contribution in [0.4, 0.5) is 11.6 Å². The van der Waals surface area contributed by atoms with Crippen molar-refractivity contribution in [3.63, 3.8) is 0 Å². The molecule has 1 aromatic carbocycles. The minimum Gasteiger partial charge on any atom is -0.340 e. The second-order valence-corrected chi connectivity index (χ2v) is 4.82. The number of hydrogen-bond donors (Lipinski definition) is 2. The standard InChI is InChI=1S/C12H15N5O2/c1-8-7-16(5-4-13-8)12-14-10-3-2-9(17(18)19)6-11(10)15-12/h2-3,6,8,13H,4-5,7H2,1H3,(H,14,15). The topological polar surface area (TPSA) is 87.1 Å². The van der Waals surface area contributed by atoms with Crippen molar-refractivity contribution >= 4 is 22.7 Å². The minimum absolute atomic E-state index is 0.0800. The van der Waals surface area contributed by atoms with Crippen LogP contribution in [0.1, 0.15) is 6.92 Å². The second kappa shape index (κ2) is 4.51. The van der Waals surface area contributed by atoms with Crippen LogP contribution in [0.2, 0.25) is 0 Å². The first-order valence-corrected chi connectivity index (χ1v) is 6.26. The van der Waals surface area contributed by atoms with E-state index in [1.54, 1.807) is 6.07 Å². The summed E-state index contributed by atoms with van der Waals surface area (Å²) in [5.74, 6) is 0.781. The molecule has 1 aliphatic heterocycles. The Morgan fingerprint density at radius 2 is 2.37 bits per heavy atom. The molecule has 7 nitrogen and oxygen atoms in total. The van der Waals surface area contributed by atoms with Crippen molar-refractivity contribution in [3.8, 4) is 0 Å². The van der Waals surface area contributed by atoms with E-state index in [4.69, 9.17) is 0 Å². The number of nitrogens with one attached hydrogen (secondary N) is 2. The molecule has 100 valence electrons. The van der Waals surface area contributed by atoms with Crippen molar-refractivity contribution in [1.82, 2.24) is 15.3 Å². The summed E-state index contributed by atoms with van der Waals surface area (Å²) in [6, 6.07) is 5.10. The highest BCUT2D eigenvalue weighted by atomic mass is 16.6. The second-order valence-electron chi connectivity index (χ2n) is 4.82. The number of benzene rings is 1. The molecule has 1 atom stereocenters. The van der Waals surface area contributed by atoms with Crippen LogP contribution in [0.3, 0.4) is 0 Å². The smallest absolute Gasteiger partial charge is 0.271 e. The predicted octanol–water partition coefficient (Wildman–Crippen LogP) is 1.27. The number of nitrogens with zero attached hydrogens (tertiary/aromatic N) is 3. The SMILES string of the molecule is CC1CN(c2nc3ccc([N+](=O)[O-])cc3[nH]2)CCN1. The summed E-state index contributed by atoms with van der Waals surface area (Å²) in [5.41, 5.74) is 1.54. The Morgan fingerprint density at radius 3 is 3.11 bits per heavy atom. The number of rotatable bonds is 2. The zero-order valence-electron chi connectivity index (χ0n) is 10.6. The van der Waals surface area contributed by atoms with Crippen molar-refractivity contribution in [1.29, 1.82) is 0 Å². The third kappa shape index (κ3) is 2.24. The molecule has 0 saturated carbocycles. The van der Waals surface area contributed by atoms with Crippen LogP contribution in [0.25, 0.3) is 11.0 Å². The molecule has 2 heterocycles. The number of aromatic nitrogens is 2. The molecule has 1 aromatic heterocycles. The first-order valence-electron chi connectivity index (χ1n) is 6.26. The number of hydrogen-bond acceptors (Lipinski definition) is 5. The summed E-state index contributed by atoms with van der Waals surface area (Å²) in [4.78, 5) is 20.2. The molecule has 0 aliphatic carbocycles. The quantitative estimate of drug-likeness (QED) is 0.628. The van der Waals surface area contributed by atoms with Gasteiger partial charge in [0.2, 0.25) is 5.95 Å². The molecule has 1 unspecified atom stereocenters. The third-order valence-corrected chi connectivity index (χ3v) is 3.33. The maximum absolute atomic E-state index is 10.7. The molecular formula is C12H15N5O2. The van der Waals surface area contributed by atoms with Gasteiger partial charge in [0.15, 0.2) is 0 Å². The molecule has 7 heteroatoms. The Bertz CT molecular complexity index is 624. The molecule has 1 saturated heterocycles. The maximum Gasteiger partial charge on any atom is 0.271 e. The first-order chi connectivity index (χ1) is 9.13. The van der Waals surface area contributed by atoms with E-state index in [0.29, 0.717) is 11.6 Å². The molecule has 0 spiro atoms. The molecule has 1 fully saturated rings. The van der Waals surface area contributed by atoms with Gasteiger partial charge in [0.1, 0.15) is 0 Å². The Kier molecular flexibility index (Phi) is 2.83. The number of H-pyrrole nitrogens is 1. The zero-order chi connectivity index (χ0) is 13.4. The Hall–Kier alpha value is -2.15. The van der Waals surface area contributed by atoms with Crippen LogP contribution in [0.5, 0.6) is 0 Å². The van der Waals surface area contributed by atoms with Gasteiger partial charge >= 0.3 is 0 Å². The molecular weight excluding hydrogens is 246 g/mol. The number of imidazole rings is 1. The minimum atomic E-state index is -0.396. The summed E-state index contributed by atoms with van der Waals surface area (Å²) < 4.78 is 0. The zero-order valence-corrected chi connectivity index (χ0v) is 10.6. The normalized spacial score (nSPS) is 19.8. The summed E-state index contributed by atoms with van der Waals surface area (Å²) in [6.07, 6.45) is 0. The number of fused-ring (bicyclic) bond motifs is 1. The van der Waals surface area contributed by atoms with Gasteiger partial charge in [0.05, 0.1) is 16.0 Å². The van der Waals surface area contributed by atoms with Gasteiger partial charge in [0, 0.05) is 37.8 Å². The first kappa shape index (κ1) is 11.9. The highest BCUT2D eigenvalue weighted by Crippen LogP contribution is 2.22. The largest absolute Gasteiger partial charge is 0.340 e. The number of aromatic amines is 1. The van der Waals surface area contributed by atoms with Gasteiger partial charge in [0.25, 0.3) is 5.69 Å². The van der Waals surface area contributed by atoms with Crippen molar-refractivity contribution in [3.05, 3.63) is 28.3 Å². The van der Waals surface area contributed by atoms with Crippen LogP contribution < -0.4 is 10.2 Å². The van der Waals surface area contributed by atoms with E-state index < -0.39 is 4.92 Å². The monoisotopic (exact) mass is 261 g/mol. The molecule has 19 heavy (non-hydrogen) atoms. The van der Waals surface area contributed by atoms with E-state index >= 15 is 0 Å². The van der Waals surface area contributed by atoms with E-state index in [1.807, 2.05) is 0 Å². The van der Waals surface area contributed by atoms with Crippen LogP contribution in [-0.4, -0.2) is 40.6 Å². The summed E-state index contributed by atoms with van der Waals surface area (Å²) >= 11 is 0. The fraction of sp³-hybridized carbons (Fsp3) is 0.417. The molecule has 0 radical (unpaired) electrons. The van der Waals surface area contributed by atoms with Crippen LogP contribution >= 0.6 is 0 Å². The lowest BCUT2D eigenvalue weighted by Crippen LogP contribution is -2.49. The average molecular weight is 261 g/mol. The van der Waals surface area contributed by atoms with Gasteiger partial charge in [-0.25, -0.2) is 4.98 Å². The highest BCUT2D eigenvalue weighted by molar-refractivity contribution is 5.80. The number of piperazine rings is 1. The van der Waals surface area contributed by atoms with E-state index in [9.17, 15) is 10.1 Å². The lowest BCUT2D eigenvalue weighted by atomic mass is 10.2. The summed E-state index contributed by atoms with van der Waals surface area (Å²) in [5, 5.41) is 14.1. The predicted molar refractivity (Wildman–Crippen MR) is 72.4 cm³/mol. The van der Waals surface area contributed by atoms with E-state index in [2.05, 4.69) is 27.1 Å². The molecule has 0 bridgehead atoms. The van der Waals surface area contributed by atoms with Gasteiger partial charge in [-0.3, -0.25) is 10.1 Å². The number of non-ortho nitro benzene ring substituents is 1.